The Morgan fingerprint density at radius 3 is 2.39 bits per heavy atom. The molecular weight excluding hydrogens is 380 g/mol. The van der Waals surface area contributed by atoms with Crippen molar-refractivity contribution in [3.63, 3.8) is 0 Å². The summed E-state index contributed by atoms with van der Waals surface area (Å²) in [6.07, 6.45) is -5.15. The summed E-state index contributed by atoms with van der Waals surface area (Å²) in [6, 6.07) is 12.8. The zero-order valence-corrected chi connectivity index (χ0v) is 15.8. The van der Waals surface area contributed by atoms with E-state index in [0.717, 1.165) is 21.2 Å². The molecule has 1 aliphatic heterocycles. The highest BCUT2D eigenvalue weighted by Gasteiger charge is 2.43. The lowest BCUT2D eigenvalue weighted by Crippen LogP contribution is -2.55. The standard InChI is InChI=1S/C21H22O6S/c22-9-16-18(24)19(25)20(26)21(27-16)12-3-6-17-15(8-12)13(10-28-17)7-11-1-4-14(23)5-2-11/h1-6,8,10,16,18-26H,7,9H2/t16?,18-,19+,20-,21+/m1/s1. The van der Waals surface area contributed by atoms with Crippen LogP contribution < -0.4 is 0 Å². The molecule has 1 fully saturated rings. The molecule has 1 saturated heterocycles. The predicted octanol–water partition coefficient (Wildman–Crippen LogP) is 1.71. The summed E-state index contributed by atoms with van der Waals surface area (Å²) in [5.74, 6) is 0.226. The zero-order chi connectivity index (χ0) is 19.8. The van der Waals surface area contributed by atoms with Crippen molar-refractivity contribution in [2.24, 2.45) is 0 Å². The van der Waals surface area contributed by atoms with Crippen LogP contribution >= 0.6 is 11.3 Å². The first-order valence-corrected chi connectivity index (χ1v) is 9.94. The van der Waals surface area contributed by atoms with Crippen LogP contribution in [-0.4, -0.2) is 56.6 Å². The third-order valence-electron chi connectivity index (χ3n) is 5.23. The van der Waals surface area contributed by atoms with Crippen molar-refractivity contribution in [3.05, 3.63) is 64.5 Å². The highest BCUT2D eigenvalue weighted by molar-refractivity contribution is 7.17. The molecule has 7 heteroatoms. The maximum absolute atomic E-state index is 10.4. The summed E-state index contributed by atoms with van der Waals surface area (Å²) in [6.45, 7) is -0.450. The number of benzene rings is 2. The van der Waals surface area contributed by atoms with Crippen molar-refractivity contribution in [3.8, 4) is 5.75 Å². The molecule has 1 aromatic heterocycles. The number of aromatic hydroxyl groups is 1. The Kier molecular flexibility index (Phi) is 5.37. The number of hydrogen-bond acceptors (Lipinski definition) is 7. The lowest BCUT2D eigenvalue weighted by molar-refractivity contribution is -0.231. The molecule has 0 radical (unpaired) electrons. The second-order valence-electron chi connectivity index (χ2n) is 7.11. The molecule has 1 unspecified atom stereocenters. The highest BCUT2D eigenvalue weighted by Crippen LogP contribution is 2.36. The molecule has 5 atom stereocenters. The van der Waals surface area contributed by atoms with Gasteiger partial charge in [0.25, 0.3) is 0 Å². The first-order valence-electron chi connectivity index (χ1n) is 9.06. The van der Waals surface area contributed by atoms with Crippen LogP contribution in [0.15, 0.2) is 47.8 Å². The van der Waals surface area contributed by atoms with Crippen LogP contribution in [0.4, 0.5) is 0 Å². The SMILES string of the molecule is OCC1O[C@@H](c2ccc3scc(Cc4ccc(O)cc4)c3c2)[C@H](O)[C@@H](O)[C@@H]1O. The monoisotopic (exact) mass is 402 g/mol. The molecule has 4 rings (SSSR count). The second kappa shape index (κ2) is 7.79. The fourth-order valence-electron chi connectivity index (χ4n) is 3.62. The van der Waals surface area contributed by atoms with Gasteiger partial charge in [0.05, 0.1) is 6.61 Å². The topological polar surface area (TPSA) is 110 Å². The molecule has 3 aromatic rings. The summed E-state index contributed by atoms with van der Waals surface area (Å²) >= 11 is 1.62. The number of rotatable bonds is 4. The van der Waals surface area contributed by atoms with E-state index in [0.29, 0.717) is 12.0 Å². The van der Waals surface area contributed by atoms with Crippen molar-refractivity contribution < 1.29 is 30.3 Å². The van der Waals surface area contributed by atoms with Gasteiger partial charge in [0.1, 0.15) is 36.3 Å². The van der Waals surface area contributed by atoms with Crippen LogP contribution in [-0.2, 0) is 11.2 Å². The van der Waals surface area contributed by atoms with Crippen molar-refractivity contribution in [1.82, 2.24) is 0 Å². The minimum atomic E-state index is -1.40. The lowest BCUT2D eigenvalue weighted by Gasteiger charge is -2.40. The summed E-state index contributed by atoms with van der Waals surface area (Å²) < 4.78 is 6.76. The highest BCUT2D eigenvalue weighted by atomic mass is 32.1. The Balaban J connectivity index is 1.66. The van der Waals surface area contributed by atoms with E-state index in [-0.39, 0.29) is 5.75 Å². The summed E-state index contributed by atoms with van der Waals surface area (Å²) in [5.41, 5.74) is 2.85. The molecule has 0 amide bonds. The molecule has 148 valence electrons. The largest absolute Gasteiger partial charge is 0.508 e. The van der Waals surface area contributed by atoms with Gasteiger partial charge in [0, 0.05) is 4.70 Å². The van der Waals surface area contributed by atoms with E-state index < -0.39 is 37.1 Å². The van der Waals surface area contributed by atoms with Gasteiger partial charge in [-0.3, -0.25) is 0 Å². The average Bonchev–Trinajstić information content (AvgIpc) is 3.10. The van der Waals surface area contributed by atoms with E-state index in [1.165, 1.54) is 0 Å². The van der Waals surface area contributed by atoms with E-state index in [2.05, 4.69) is 5.38 Å². The van der Waals surface area contributed by atoms with Gasteiger partial charge in [-0.2, -0.15) is 0 Å². The second-order valence-corrected chi connectivity index (χ2v) is 8.02. The van der Waals surface area contributed by atoms with Crippen LogP contribution in [0.3, 0.4) is 0 Å². The molecule has 2 aromatic carbocycles. The van der Waals surface area contributed by atoms with Gasteiger partial charge < -0.3 is 30.3 Å². The summed E-state index contributed by atoms with van der Waals surface area (Å²) in [4.78, 5) is 0. The van der Waals surface area contributed by atoms with E-state index in [1.54, 1.807) is 23.5 Å². The number of thiophene rings is 1. The summed E-state index contributed by atoms with van der Waals surface area (Å²) in [5, 5.41) is 52.4. The van der Waals surface area contributed by atoms with Crippen molar-refractivity contribution in [2.75, 3.05) is 6.61 Å². The van der Waals surface area contributed by atoms with Crippen molar-refractivity contribution in [2.45, 2.75) is 36.9 Å². The van der Waals surface area contributed by atoms with Crippen LogP contribution in [0.25, 0.3) is 10.1 Å². The van der Waals surface area contributed by atoms with Crippen LogP contribution in [0.5, 0.6) is 5.75 Å². The number of ether oxygens (including phenoxy) is 1. The maximum atomic E-state index is 10.4. The van der Waals surface area contributed by atoms with Gasteiger partial charge in [-0.15, -0.1) is 11.3 Å². The van der Waals surface area contributed by atoms with Gasteiger partial charge in [-0.25, -0.2) is 0 Å². The zero-order valence-electron chi connectivity index (χ0n) is 15.0. The van der Waals surface area contributed by atoms with Crippen molar-refractivity contribution >= 4 is 21.4 Å². The molecule has 1 aliphatic rings. The normalized spacial score (nSPS) is 27.9. The Labute approximate surface area is 165 Å². The van der Waals surface area contributed by atoms with Gasteiger partial charge in [0.15, 0.2) is 0 Å². The van der Waals surface area contributed by atoms with Gasteiger partial charge in [-0.1, -0.05) is 18.2 Å². The molecule has 0 spiro atoms. The molecule has 5 N–H and O–H groups in total. The summed E-state index contributed by atoms with van der Waals surface area (Å²) in [7, 11) is 0. The first kappa shape index (κ1) is 19.3. The Morgan fingerprint density at radius 2 is 1.68 bits per heavy atom. The third-order valence-corrected chi connectivity index (χ3v) is 6.24. The van der Waals surface area contributed by atoms with Crippen molar-refractivity contribution in [1.29, 1.82) is 0 Å². The number of aliphatic hydroxyl groups excluding tert-OH is 4. The molecular formula is C21H22O6S. The minimum absolute atomic E-state index is 0.226. The minimum Gasteiger partial charge on any atom is -0.508 e. The third kappa shape index (κ3) is 3.53. The molecule has 28 heavy (non-hydrogen) atoms. The van der Waals surface area contributed by atoms with Crippen LogP contribution in [0.1, 0.15) is 22.8 Å². The number of fused-ring (bicyclic) bond motifs is 1. The Morgan fingerprint density at radius 1 is 0.929 bits per heavy atom. The fourth-order valence-corrected chi connectivity index (χ4v) is 4.57. The quantitative estimate of drug-likeness (QED) is 0.455. The molecule has 0 saturated carbocycles. The predicted molar refractivity (Wildman–Crippen MR) is 105 cm³/mol. The van der Waals surface area contributed by atoms with Crippen LogP contribution in [0.2, 0.25) is 0 Å². The lowest BCUT2D eigenvalue weighted by atomic mass is 9.90. The van der Waals surface area contributed by atoms with Crippen LogP contribution in [0, 0.1) is 0 Å². The molecule has 0 aliphatic carbocycles. The van der Waals surface area contributed by atoms with E-state index in [1.807, 2.05) is 30.3 Å². The van der Waals surface area contributed by atoms with Gasteiger partial charge >= 0.3 is 0 Å². The van der Waals surface area contributed by atoms with E-state index in [4.69, 9.17) is 4.74 Å². The fraction of sp³-hybridized carbons (Fsp3) is 0.333. The molecule has 6 nitrogen and oxygen atoms in total. The first-order chi connectivity index (χ1) is 13.5. The average molecular weight is 402 g/mol. The number of aliphatic hydroxyl groups is 4. The number of phenols is 1. The molecule has 0 bridgehead atoms. The van der Waals surface area contributed by atoms with E-state index >= 15 is 0 Å². The van der Waals surface area contributed by atoms with Gasteiger partial charge in [-0.05, 0) is 58.1 Å². The Bertz CT molecular complexity index is 951. The maximum Gasteiger partial charge on any atom is 0.115 e. The van der Waals surface area contributed by atoms with Gasteiger partial charge in [0.2, 0.25) is 0 Å². The van der Waals surface area contributed by atoms with E-state index in [9.17, 15) is 25.5 Å². The Hall–Kier alpha value is -2.00. The smallest absolute Gasteiger partial charge is 0.115 e. The number of hydrogen-bond donors (Lipinski definition) is 5. The molecule has 2 heterocycles. The number of phenolic OH excluding ortho intramolecular Hbond substituents is 1.